The minimum atomic E-state index is -3.31. The van der Waals surface area contributed by atoms with Crippen molar-refractivity contribution >= 4 is 21.5 Å². The highest BCUT2D eigenvalue weighted by Crippen LogP contribution is 2.28. The number of benzene rings is 1. The molecule has 0 aliphatic carbocycles. The van der Waals surface area contributed by atoms with Gasteiger partial charge in [0.25, 0.3) is 0 Å². The lowest BCUT2D eigenvalue weighted by molar-refractivity contribution is -0.126. The van der Waals surface area contributed by atoms with E-state index in [1.54, 1.807) is 13.8 Å². The summed E-state index contributed by atoms with van der Waals surface area (Å²) in [6.45, 7) is 6.07. The van der Waals surface area contributed by atoms with Crippen LogP contribution < -0.4 is 10.1 Å². The fraction of sp³-hybridized carbons (Fsp3) is 0.364. The Morgan fingerprint density at radius 3 is 2.47 bits per heavy atom. The minimum absolute atomic E-state index is 0.0515. The van der Waals surface area contributed by atoms with Crippen LogP contribution in [0.3, 0.4) is 0 Å². The normalized spacial score (nSPS) is 16.3. The zero-order valence-corrected chi connectivity index (χ0v) is 18.4. The number of sulfone groups is 1. The van der Waals surface area contributed by atoms with Gasteiger partial charge in [0.2, 0.25) is 11.7 Å². The molecule has 0 saturated carbocycles. The predicted molar refractivity (Wildman–Crippen MR) is 115 cm³/mol. The Kier molecular flexibility index (Phi) is 7.61. The fourth-order valence-electron chi connectivity index (χ4n) is 2.53. The average Bonchev–Trinajstić information content (AvgIpc) is 2.93. The molecule has 1 amide bonds. The lowest BCUT2D eigenvalue weighted by Gasteiger charge is -2.18. The average molecular weight is 434 g/mol. The first-order valence-corrected chi connectivity index (χ1v) is 11.4. The molecule has 0 spiro atoms. The Hall–Kier alpha value is -2.87. The molecule has 7 nitrogen and oxygen atoms in total. The highest BCUT2D eigenvalue weighted by Gasteiger charge is 2.35. The van der Waals surface area contributed by atoms with E-state index in [2.05, 4.69) is 5.32 Å². The third-order valence-electron chi connectivity index (χ3n) is 4.35. The maximum Gasteiger partial charge on any atom is 0.244 e. The van der Waals surface area contributed by atoms with Gasteiger partial charge in [0, 0.05) is 30.4 Å². The Morgan fingerprint density at radius 1 is 1.23 bits per heavy atom. The molecule has 0 radical (unpaired) electrons. The topological polar surface area (TPSA) is 98.8 Å². The third kappa shape index (κ3) is 7.51. The Balaban J connectivity index is 1.77. The molecule has 1 aliphatic rings. The van der Waals surface area contributed by atoms with Gasteiger partial charge in [0.05, 0.1) is 0 Å². The summed E-state index contributed by atoms with van der Waals surface area (Å²) >= 11 is 0. The number of hydrogen-bond acceptors (Lipinski definition) is 6. The van der Waals surface area contributed by atoms with Crippen molar-refractivity contribution in [2.45, 2.75) is 32.8 Å². The summed E-state index contributed by atoms with van der Waals surface area (Å²) in [4.78, 5) is 23.3. The lowest BCUT2D eigenvalue weighted by Crippen LogP contribution is -2.27. The van der Waals surface area contributed by atoms with Crippen LogP contribution in [0, 0.1) is 0 Å². The molecule has 2 rings (SSSR count). The number of nitrogens with one attached hydrogen (secondary N) is 1. The van der Waals surface area contributed by atoms with Crippen molar-refractivity contribution in [2.24, 2.45) is 0 Å². The molecule has 0 fully saturated rings. The first-order chi connectivity index (χ1) is 14.0. The van der Waals surface area contributed by atoms with E-state index >= 15 is 0 Å². The molecule has 0 atom stereocenters. The first-order valence-electron chi connectivity index (χ1n) is 9.46. The zero-order chi connectivity index (χ0) is 22.4. The quantitative estimate of drug-likeness (QED) is 0.601. The summed E-state index contributed by atoms with van der Waals surface area (Å²) in [5.41, 5.74) is 1.03. The smallest absolute Gasteiger partial charge is 0.244 e. The lowest BCUT2D eigenvalue weighted by atomic mass is 10.1. The standard InChI is InChI=1S/C22H27NO6S/c1-16(19-15-20(24)22(2,3)29-19)10-13-28-18-7-5-17(6-8-18)9-12-23-21(25)11-14-30(4,26)27/h5-8,10-11,14-15H,9,12-13H2,1-4H3,(H,23,25)/b14-11+,16-10+. The van der Waals surface area contributed by atoms with Gasteiger partial charge in [-0.05, 0) is 56.5 Å². The van der Waals surface area contributed by atoms with Crippen molar-refractivity contribution in [1.82, 2.24) is 5.32 Å². The molecule has 162 valence electrons. The van der Waals surface area contributed by atoms with Crippen molar-refractivity contribution in [3.05, 3.63) is 64.8 Å². The minimum Gasteiger partial charge on any atom is -0.490 e. The summed E-state index contributed by atoms with van der Waals surface area (Å²) in [6.07, 6.45) is 6.00. The molecule has 8 heteroatoms. The fourth-order valence-corrected chi connectivity index (χ4v) is 2.90. The second kappa shape index (κ2) is 9.75. The van der Waals surface area contributed by atoms with Crippen LogP contribution in [0.5, 0.6) is 5.75 Å². The maximum absolute atomic E-state index is 11.8. The molecule has 0 aromatic heterocycles. The first kappa shape index (κ1) is 23.4. The molecular formula is C22H27NO6S. The van der Waals surface area contributed by atoms with E-state index in [4.69, 9.17) is 9.47 Å². The Labute approximate surface area is 177 Å². The Morgan fingerprint density at radius 2 is 1.90 bits per heavy atom. The van der Waals surface area contributed by atoms with Crippen LogP contribution >= 0.6 is 0 Å². The van der Waals surface area contributed by atoms with E-state index in [9.17, 15) is 18.0 Å². The molecule has 1 N–H and O–H groups in total. The number of hydrogen-bond donors (Lipinski definition) is 1. The number of rotatable bonds is 9. The number of ether oxygens (including phenoxy) is 2. The summed E-state index contributed by atoms with van der Waals surface area (Å²) in [7, 11) is -3.31. The van der Waals surface area contributed by atoms with Gasteiger partial charge < -0.3 is 14.8 Å². The maximum atomic E-state index is 11.8. The van der Waals surface area contributed by atoms with E-state index in [1.165, 1.54) is 6.08 Å². The molecule has 30 heavy (non-hydrogen) atoms. The summed E-state index contributed by atoms with van der Waals surface area (Å²) in [5, 5.41) is 3.50. The summed E-state index contributed by atoms with van der Waals surface area (Å²) in [6, 6.07) is 7.46. The van der Waals surface area contributed by atoms with Crippen molar-refractivity contribution in [1.29, 1.82) is 0 Å². The molecule has 1 aromatic carbocycles. The number of amides is 1. The van der Waals surface area contributed by atoms with Crippen LogP contribution in [0.4, 0.5) is 0 Å². The van der Waals surface area contributed by atoms with E-state index < -0.39 is 21.3 Å². The van der Waals surface area contributed by atoms with Gasteiger partial charge in [-0.25, -0.2) is 8.42 Å². The van der Waals surface area contributed by atoms with Gasteiger partial charge >= 0.3 is 0 Å². The molecule has 1 heterocycles. The third-order valence-corrected chi connectivity index (χ3v) is 4.98. The highest BCUT2D eigenvalue weighted by molar-refractivity contribution is 7.93. The van der Waals surface area contributed by atoms with E-state index in [0.29, 0.717) is 31.1 Å². The molecule has 1 aliphatic heterocycles. The monoisotopic (exact) mass is 433 g/mol. The van der Waals surface area contributed by atoms with Crippen molar-refractivity contribution < 1.29 is 27.5 Å². The van der Waals surface area contributed by atoms with Gasteiger partial charge in [-0.3, -0.25) is 9.59 Å². The van der Waals surface area contributed by atoms with Crippen molar-refractivity contribution in [2.75, 3.05) is 19.4 Å². The van der Waals surface area contributed by atoms with Gasteiger partial charge in [-0.15, -0.1) is 0 Å². The molecule has 0 bridgehead atoms. The summed E-state index contributed by atoms with van der Waals surface area (Å²) < 4.78 is 33.3. The van der Waals surface area contributed by atoms with Crippen LogP contribution in [0.2, 0.25) is 0 Å². The van der Waals surface area contributed by atoms with Crippen LogP contribution in [-0.4, -0.2) is 45.1 Å². The van der Waals surface area contributed by atoms with Gasteiger partial charge in [0.1, 0.15) is 18.1 Å². The number of carbonyl (C=O) groups is 2. The van der Waals surface area contributed by atoms with Crippen molar-refractivity contribution in [3.8, 4) is 5.75 Å². The molecule has 1 aromatic rings. The molecular weight excluding hydrogens is 406 g/mol. The summed E-state index contributed by atoms with van der Waals surface area (Å²) in [5.74, 6) is 0.761. The van der Waals surface area contributed by atoms with E-state index in [0.717, 1.165) is 28.9 Å². The van der Waals surface area contributed by atoms with Crippen LogP contribution in [-0.2, 0) is 30.6 Å². The van der Waals surface area contributed by atoms with E-state index in [1.807, 2.05) is 37.3 Å². The van der Waals surface area contributed by atoms with Gasteiger partial charge in [-0.2, -0.15) is 0 Å². The van der Waals surface area contributed by atoms with Crippen molar-refractivity contribution in [3.63, 3.8) is 0 Å². The second-order valence-electron chi connectivity index (χ2n) is 7.50. The Bertz CT molecular complexity index is 985. The SMILES string of the molecule is C/C(=C\COc1ccc(CCNC(=O)/C=C/S(C)(=O)=O)cc1)C1=CC(=O)C(C)(C)O1. The highest BCUT2D eigenvalue weighted by atomic mass is 32.2. The van der Waals surface area contributed by atoms with Crippen LogP contribution in [0.25, 0.3) is 0 Å². The van der Waals surface area contributed by atoms with Gasteiger partial charge in [-0.1, -0.05) is 12.1 Å². The molecule has 0 unspecified atom stereocenters. The number of allylic oxidation sites excluding steroid dienone is 1. The second-order valence-corrected chi connectivity index (χ2v) is 9.43. The van der Waals surface area contributed by atoms with Crippen LogP contribution in [0.1, 0.15) is 26.3 Å². The van der Waals surface area contributed by atoms with E-state index in [-0.39, 0.29) is 5.78 Å². The largest absolute Gasteiger partial charge is 0.490 e. The molecule has 0 saturated heterocycles. The van der Waals surface area contributed by atoms with Crippen LogP contribution in [0.15, 0.2) is 59.2 Å². The predicted octanol–water partition coefficient (Wildman–Crippen LogP) is 2.49. The van der Waals surface area contributed by atoms with Gasteiger partial charge in [0.15, 0.2) is 15.4 Å². The number of carbonyl (C=O) groups excluding carboxylic acids is 2. The number of ketones is 1. The zero-order valence-electron chi connectivity index (χ0n) is 17.6.